The van der Waals surface area contributed by atoms with Crippen molar-refractivity contribution in [2.45, 2.75) is 44.4 Å². The van der Waals surface area contributed by atoms with Crippen molar-refractivity contribution in [3.05, 3.63) is 29.3 Å². The van der Waals surface area contributed by atoms with Crippen molar-refractivity contribution in [3.8, 4) is 5.75 Å². The summed E-state index contributed by atoms with van der Waals surface area (Å²) >= 11 is 0. The number of hydrogen-bond acceptors (Lipinski definition) is 5. The van der Waals surface area contributed by atoms with Gasteiger partial charge in [-0.05, 0) is 43.0 Å². The highest BCUT2D eigenvalue weighted by atomic mass is 19.1. The van der Waals surface area contributed by atoms with Gasteiger partial charge in [0.25, 0.3) is 5.91 Å². The van der Waals surface area contributed by atoms with Crippen LogP contribution >= 0.6 is 0 Å². The number of alkyl halides is 1. The number of fused-ring (bicyclic) bond motifs is 1. The molecule has 3 amide bonds. The van der Waals surface area contributed by atoms with Crippen molar-refractivity contribution < 1.29 is 23.5 Å². The molecule has 0 aliphatic carbocycles. The van der Waals surface area contributed by atoms with Crippen molar-refractivity contribution in [3.63, 3.8) is 0 Å². The molecule has 3 aliphatic rings. The van der Waals surface area contributed by atoms with E-state index in [-0.39, 0.29) is 18.2 Å². The smallest absolute Gasteiger partial charge is 0.255 e. The van der Waals surface area contributed by atoms with Crippen LogP contribution < -0.4 is 10.1 Å². The number of rotatable bonds is 5. The fraction of sp³-hybridized carbons (Fsp3) is 0.550. The van der Waals surface area contributed by atoms with E-state index in [9.17, 15) is 18.8 Å². The van der Waals surface area contributed by atoms with Gasteiger partial charge in [-0.3, -0.25) is 24.6 Å². The molecular weight excluding hydrogens is 365 g/mol. The number of likely N-dealkylation sites (tertiary alicyclic amines) is 1. The summed E-state index contributed by atoms with van der Waals surface area (Å²) < 4.78 is 19.0. The van der Waals surface area contributed by atoms with Gasteiger partial charge in [0, 0.05) is 38.2 Å². The normalized spacial score (nSPS) is 23.7. The van der Waals surface area contributed by atoms with Crippen LogP contribution in [-0.2, 0) is 16.1 Å². The first-order chi connectivity index (χ1) is 13.5. The molecule has 8 heteroatoms. The standard InChI is InChI=1S/C20H24FN3O4/c21-14-5-7-23(8-6-14)9-10-28-15-1-2-16-13(11-15)12-24(20(16)27)17-3-4-18(25)22-19(17)26/h1-2,11,14,17H,3-10,12H2,(H,22,25,26). The third-order valence-electron chi connectivity index (χ3n) is 5.69. The van der Waals surface area contributed by atoms with E-state index in [1.165, 1.54) is 4.90 Å². The van der Waals surface area contributed by atoms with Crippen molar-refractivity contribution >= 4 is 17.7 Å². The summed E-state index contributed by atoms with van der Waals surface area (Å²) in [5.74, 6) is -0.218. The molecule has 150 valence electrons. The van der Waals surface area contributed by atoms with Crippen LogP contribution in [0.2, 0.25) is 0 Å². The highest BCUT2D eigenvalue weighted by Gasteiger charge is 2.39. The van der Waals surface area contributed by atoms with Crippen molar-refractivity contribution in [1.82, 2.24) is 15.1 Å². The van der Waals surface area contributed by atoms with E-state index in [0.29, 0.717) is 43.7 Å². The molecule has 4 rings (SSSR count). The van der Waals surface area contributed by atoms with Crippen LogP contribution in [0, 0.1) is 0 Å². The zero-order valence-corrected chi connectivity index (χ0v) is 15.7. The van der Waals surface area contributed by atoms with Crippen LogP contribution in [0.4, 0.5) is 4.39 Å². The molecule has 3 heterocycles. The van der Waals surface area contributed by atoms with Crippen LogP contribution in [0.25, 0.3) is 0 Å². The number of hydrogen-bond donors (Lipinski definition) is 1. The fourth-order valence-electron chi connectivity index (χ4n) is 4.06. The van der Waals surface area contributed by atoms with Crippen LogP contribution in [0.5, 0.6) is 5.75 Å². The summed E-state index contributed by atoms with van der Waals surface area (Å²) in [5, 5.41) is 2.30. The largest absolute Gasteiger partial charge is 0.492 e. The van der Waals surface area contributed by atoms with Crippen LogP contribution in [-0.4, -0.2) is 66.0 Å². The number of carbonyl (C=O) groups is 3. The maximum absolute atomic E-state index is 13.2. The first kappa shape index (κ1) is 18.9. The lowest BCUT2D eigenvalue weighted by Gasteiger charge is -2.29. The molecule has 0 radical (unpaired) electrons. The van der Waals surface area contributed by atoms with Gasteiger partial charge < -0.3 is 9.64 Å². The number of ether oxygens (including phenoxy) is 1. The van der Waals surface area contributed by atoms with E-state index in [1.807, 2.05) is 6.07 Å². The Hall–Kier alpha value is -2.48. The Balaban J connectivity index is 1.34. The van der Waals surface area contributed by atoms with Crippen molar-refractivity contribution in [2.24, 2.45) is 0 Å². The monoisotopic (exact) mass is 389 g/mol. The molecule has 1 atom stereocenters. The summed E-state index contributed by atoms with van der Waals surface area (Å²) in [7, 11) is 0. The van der Waals surface area contributed by atoms with Crippen LogP contribution in [0.15, 0.2) is 18.2 Å². The Morgan fingerprint density at radius 3 is 2.68 bits per heavy atom. The van der Waals surface area contributed by atoms with E-state index in [1.54, 1.807) is 12.1 Å². The van der Waals surface area contributed by atoms with Gasteiger partial charge in [0.05, 0.1) is 0 Å². The van der Waals surface area contributed by atoms with E-state index < -0.39 is 18.1 Å². The molecule has 0 bridgehead atoms. The summed E-state index contributed by atoms with van der Waals surface area (Å²) in [6.45, 7) is 3.08. The Labute approximate surface area is 162 Å². The zero-order chi connectivity index (χ0) is 19.7. The maximum atomic E-state index is 13.2. The molecule has 1 N–H and O–H groups in total. The first-order valence-corrected chi connectivity index (χ1v) is 9.78. The van der Waals surface area contributed by atoms with Crippen LogP contribution in [0.1, 0.15) is 41.6 Å². The third kappa shape index (κ3) is 3.87. The second-order valence-electron chi connectivity index (χ2n) is 7.58. The number of piperidine rings is 2. The predicted molar refractivity (Wildman–Crippen MR) is 98.6 cm³/mol. The Kier molecular flexibility index (Phi) is 5.30. The van der Waals surface area contributed by atoms with Crippen molar-refractivity contribution in [1.29, 1.82) is 0 Å². The minimum Gasteiger partial charge on any atom is -0.492 e. The number of imide groups is 1. The quantitative estimate of drug-likeness (QED) is 0.767. The third-order valence-corrected chi connectivity index (χ3v) is 5.69. The molecule has 0 spiro atoms. The fourth-order valence-corrected chi connectivity index (χ4v) is 4.06. The Morgan fingerprint density at radius 2 is 1.93 bits per heavy atom. The van der Waals surface area contributed by atoms with E-state index in [4.69, 9.17) is 4.74 Å². The molecule has 3 aliphatic heterocycles. The molecule has 0 aromatic heterocycles. The molecule has 7 nitrogen and oxygen atoms in total. The topological polar surface area (TPSA) is 79.0 Å². The minimum atomic E-state index is -0.682. The van der Waals surface area contributed by atoms with E-state index in [2.05, 4.69) is 10.2 Å². The highest BCUT2D eigenvalue weighted by Crippen LogP contribution is 2.30. The number of halogens is 1. The summed E-state index contributed by atoms with van der Waals surface area (Å²) in [5.41, 5.74) is 1.40. The lowest BCUT2D eigenvalue weighted by Crippen LogP contribution is -2.52. The number of benzene rings is 1. The van der Waals surface area contributed by atoms with Gasteiger partial charge >= 0.3 is 0 Å². The molecule has 0 saturated carbocycles. The lowest BCUT2D eigenvalue weighted by molar-refractivity contribution is -0.136. The summed E-state index contributed by atoms with van der Waals surface area (Å²) in [6, 6.07) is 4.72. The molecule has 2 saturated heterocycles. The second-order valence-corrected chi connectivity index (χ2v) is 7.58. The number of carbonyl (C=O) groups excluding carboxylic acids is 3. The predicted octanol–water partition coefficient (Wildman–Crippen LogP) is 1.26. The second kappa shape index (κ2) is 7.87. The van der Waals surface area contributed by atoms with Gasteiger partial charge in [-0.1, -0.05) is 0 Å². The molecule has 28 heavy (non-hydrogen) atoms. The van der Waals surface area contributed by atoms with E-state index in [0.717, 1.165) is 25.2 Å². The minimum absolute atomic E-state index is 0.190. The zero-order valence-electron chi connectivity index (χ0n) is 15.7. The summed E-state index contributed by atoms with van der Waals surface area (Å²) in [6.07, 6.45) is 1.07. The van der Waals surface area contributed by atoms with Gasteiger partial charge in [0.2, 0.25) is 11.8 Å². The molecule has 2 fully saturated rings. The average Bonchev–Trinajstić information content (AvgIpc) is 2.99. The number of nitrogens with zero attached hydrogens (tertiary/aromatic N) is 2. The first-order valence-electron chi connectivity index (χ1n) is 9.78. The maximum Gasteiger partial charge on any atom is 0.255 e. The lowest BCUT2D eigenvalue weighted by atomic mass is 10.0. The van der Waals surface area contributed by atoms with Gasteiger partial charge in [-0.15, -0.1) is 0 Å². The average molecular weight is 389 g/mol. The Bertz CT molecular complexity index is 792. The molecule has 1 aromatic carbocycles. The van der Waals surface area contributed by atoms with Gasteiger partial charge in [-0.2, -0.15) is 0 Å². The molecular formula is C20H24FN3O4. The SMILES string of the molecule is O=C1CCC(N2Cc3cc(OCCN4CCC(F)CC4)ccc3C2=O)C(=O)N1. The Morgan fingerprint density at radius 1 is 1.14 bits per heavy atom. The van der Waals surface area contributed by atoms with Gasteiger partial charge in [0.1, 0.15) is 24.6 Å². The van der Waals surface area contributed by atoms with Gasteiger partial charge in [-0.25, -0.2) is 4.39 Å². The van der Waals surface area contributed by atoms with Crippen molar-refractivity contribution in [2.75, 3.05) is 26.2 Å². The number of amides is 3. The van der Waals surface area contributed by atoms with Crippen LogP contribution in [0.3, 0.4) is 0 Å². The highest BCUT2D eigenvalue weighted by molar-refractivity contribution is 6.05. The van der Waals surface area contributed by atoms with Gasteiger partial charge in [0.15, 0.2) is 0 Å². The van der Waals surface area contributed by atoms with E-state index >= 15 is 0 Å². The summed E-state index contributed by atoms with van der Waals surface area (Å²) in [4.78, 5) is 39.8. The molecule has 1 unspecified atom stereocenters. The number of nitrogens with one attached hydrogen (secondary N) is 1. The molecule has 1 aromatic rings.